The van der Waals surface area contributed by atoms with Gasteiger partial charge in [0, 0.05) is 24.4 Å². The summed E-state index contributed by atoms with van der Waals surface area (Å²) in [6.07, 6.45) is 2.09. The molecule has 30 heavy (non-hydrogen) atoms. The third kappa shape index (κ3) is 8.18. The molecule has 7 heteroatoms. The van der Waals surface area contributed by atoms with E-state index >= 15 is 0 Å². The van der Waals surface area contributed by atoms with Crippen molar-refractivity contribution in [2.75, 3.05) is 18.4 Å². The second-order valence-electron chi connectivity index (χ2n) is 7.06. The number of benzene rings is 2. The van der Waals surface area contributed by atoms with Gasteiger partial charge in [-0.1, -0.05) is 50.2 Å². The normalized spacial score (nSPS) is 12.7. The number of carbonyl (C=O) groups is 2. The largest absolute Gasteiger partial charge is 0.478 e. The number of rotatable bonds is 6. The number of nitrogens with zero attached hydrogens (tertiary/aromatic N) is 1. The number of guanidine groups is 1. The van der Waals surface area contributed by atoms with Gasteiger partial charge in [-0.15, -0.1) is 0 Å². The first-order valence-electron chi connectivity index (χ1n) is 9.70. The minimum Gasteiger partial charge on any atom is -0.478 e. The summed E-state index contributed by atoms with van der Waals surface area (Å²) in [4.78, 5) is 23.4. The Hall–Kier alpha value is -3.61. The molecule has 0 radical (unpaired) electrons. The van der Waals surface area contributed by atoms with Crippen LogP contribution < -0.4 is 10.6 Å². The Kier molecular flexibility index (Phi) is 8.62. The van der Waals surface area contributed by atoms with Crippen molar-refractivity contribution in [2.24, 2.45) is 4.99 Å². The summed E-state index contributed by atoms with van der Waals surface area (Å²) >= 11 is 0. The highest BCUT2D eigenvalue weighted by atomic mass is 16.4. The van der Waals surface area contributed by atoms with Crippen molar-refractivity contribution in [3.05, 3.63) is 77.4 Å². The lowest BCUT2D eigenvalue weighted by Gasteiger charge is -2.09. The van der Waals surface area contributed by atoms with Gasteiger partial charge in [0.1, 0.15) is 0 Å². The van der Waals surface area contributed by atoms with Crippen LogP contribution in [0.1, 0.15) is 36.5 Å². The zero-order valence-corrected chi connectivity index (χ0v) is 17.1. The van der Waals surface area contributed by atoms with E-state index < -0.39 is 11.9 Å². The van der Waals surface area contributed by atoms with Gasteiger partial charge in [-0.3, -0.25) is 4.99 Å². The number of nitrogens with one attached hydrogen (secondary N) is 2. The van der Waals surface area contributed by atoms with Crippen molar-refractivity contribution in [1.29, 1.82) is 0 Å². The summed E-state index contributed by atoms with van der Waals surface area (Å²) in [5.41, 5.74) is 5.15. The number of carboxylic acids is 2. The van der Waals surface area contributed by atoms with Crippen molar-refractivity contribution in [3.63, 3.8) is 0 Å². The Morgan fingerprint density at radius 3 is 1.97 bits per heavy atom. The van der Waals surface area contributed by atoms with Crippen molar-refractivity contribution in [3.8, 4) is 0 Å². The molecule has 1 aliphatic rings. The van der Waals surface area contributed by atoms with Crippen LogP contribution in [0.15, 0.2) is 65.7 Å². The molecular formula is C23H27N3O4. The molecule has 4 N–H and O–H groups in total. The zero-order chi connectivity index (χ0) is 21.9. The first-order valence-corrected chi connectivity index (χ1v) is 9.70. The summed E-state index contributed by atoms with van der Waals surface area (Å²) in [5, 5.41) is 22.1. The van der Waals surface area contributed by atoms with Crippen LogP contribution in [-0.4, -0.2) is 41.2 Å². The molecule has 2 aromatic carbocycles. The minimum absolute atomic E-state index is 0.558. The summed E-state index contributed by atoms with van der Waals surface area (Å²) < 4.78 is 0. The molecule has 0 aliphatic carbocycles. The maximum atomic E-state index is 9.55. The van der Waals surface area contributed by atoms with Gasteiger partial charge in [-0.05, 0) is 41.2 Å². The maximum absolute atomic E-state index is 9.55. The molecule has 3 rings (SSSR count). The lowest BCUT2D eigenvalue weighted by Crippen LogP contribution is -2.26. The van der Waals surface area contributed by atoms with Crippen LogP contribution in [0.25, 0.3) is 0 Å². The second-order valence-corrected chi connectivity index (χ2v) is 7.06. The van der Waals surface area contributed by atoms with Gasteiger partial charge in [-0.2, -0.15) is 0 Å². The van der Waals surface area contributed by atoms with E-state index in [9.17, 15) is 9.59 Å². The van der Waals surface area contributed by atoms with Gasteiger partial charge >= 0.3 is 11.9 Å². The Labute approximate surface area is 176 Å². The summed E-state index contributed by atoms with van der Waals surface area (Å²) in [5.74, 6) is -1.05. The smallest absolute Gasteiger partial charge is 0.328 e. The zero-order valence-electron chi connectivity index (χ0n) is 17.1. The molecule has 0 bridgehead atoms. The van der Waals surface area contributed by atoms with Crippen LogP contribution in [0.2, 0.25) is 0 Å². The Morgan fingerprint density at radius 2 is 1.53 bits per heavy atom. The summed E-state index contributed by atoms with van der Waals surface area (Å²) in [7, 11) is 0. The fraction of sp³-hybridized carbons (Fsp3) is 0.261. The van der Waals surface area contributed by atoms with E-state index in [-0.39, 0.29) is 0 Å². The van der Waals surface area contributed by atoms with Crippen LogP contribution >= 0.6 is 0 Å². The molecule has 0 aromatic heterocycles. The molecule has 0 amide bonds. The lowest BCUT2D eigenvalue weighted by atomic mass is 9.99. The third-order valence-corrected chi connectivity index (χ3v) is 4.31. The van der Waals surface area contributed by atoms with Crippen LogP contribution in [0.4, 0.5) is 5.69 Å². The highest BCUT2D eigenvalue weighted by Gasteiger charge is 2.05. The van der Waals surface area contributed by atoms with Gasteiger partial charge in [0.25, 0.3) is 0 Å². The monoisotopic (exact) mass is 409 g/mol. The molecule has 0 saturated heterocycles. The number of anilines is 1. The van der Waals surface area contributed by atoms with Crippen molar-refractivity contribution < 1.29 is 19.8 Å². The molecule has 158 valence electrons. The minimum atomic E-state index is -1.26. The fourth-order valence-electron chi connectivity index (χ4n) is 2.72. The molecule has 0 saturated carbocycles. The van der Waals surface area contributed by atoms with Gasteiger partial charge in [0.15, 0.2) is 5.96 Å². The van der Waals surface area contributed by atoms with Gasteiger partial charge in [0.05, 0.1) is 6.54 Å². The number of aliphatic carboxylic acids is 2. The highest BCUT2D eigenvalue weighted by molar-refractivity contribution is 5.94. The van der Waals surface area contributed by atoms with E-state index in [1.54, 1.807) is 0 Å². The molecule has 2 aromatic rings. The molecule has 0 spiro atoms. The molecule has 1 heterocycles. The average Bonchev–Trinajstić information content (AvgIpc) is 3.22. The number of hydrogen-bond acceptors (Lipinski definition) is 5. The number of hydrogen-bond donors (Lipinski definition) is 4. The van der Waals surface area contributed by atoms with Crippen molar-refractivity contribution in [2.45, 2.75) is 26.2 Å². The van der Waals surface area contributed by atoms with E-state index in [4.69, 9.17) is 10.2 Å². The standard InChI is InChI=1S/C19H23N3.C4H4O4/c1-14(2)17-7-3-15(4-8-17)13-16-5-9-18(10-6-16)22-19-20-11-12-21-19;5-3(6)1-2-4(7)8/h3-10,14H,11-13H2,1-2H3,(H2,20,21,22);1-2H,(H,5,6)(H,7,8). The Morgan fingerprint density at radius 1 is 1.00 bits per heavy atom. The topological polar surface area (TPSA) is 111 Å². The van der Waals surface area contributed by atoms with E-state index in [2.05, 4.69) is 78.0 Å². The van der Waals surface area contributed by atoms with Crippen LogP contribution in [0.3, 0.4) is 0 Å². The summed E-state index contributed by atoms with van der Waals surface area (Å²) in [6.45, 7) is 6.23. The first kappa shape index (κ1) is 22.7. The van der Waals surface area contributed by atoms with E-state index in [0.29, 0.717) is 18.1 Å². The van der Waals surface area contributed by atoms with Crippen LogP contribution in [0.5, 0.6) is 0 Å². The molecule has 0 unspecified atom stereocenters. The molecule has 0 fully saturated rings. The first-order chi connectivity index (χ1) is 14.3. The van der Waals surface area contributed by atoms with E-state index in [1.807, 2.05) is 0 Å². The quantitative estimate of drug-likeness (QED) is 0.544. The van der Waals surface area contributed by atoms with E-state index in [1.165, 1.54) is 16.7 Å². The number of carboxylic acid groups (broad SMARTS) is 2. The van der Waals surface area contributed by atoms with Gasteiger partial charge < -0.3 is 20.8 Å². The van der Waals surface area contributed by atoms with Gasteiger partial charge in [0.2, 0.25) is 0 Å². The highest BCUT2D eigenvalue weighted by Crippen LogP contribution is 2.18. The lowest BCUT2D eigenvalue weighted by molar-refractivity contribution is -0.134. The fourth-order valence-corrected chi connectivity index (χ4v) is 2.72. The molecule has 1 aliphatic heterocycles. The van der Waals surface area contributed by atoms with Gasteiger partial charge in [-0.25, -0.2) is 9.59 Å². The summed E-state index contributed by atoms with van der Waals surface area (Å²) in [6, 6.07) is 17.5. The Bertz CT molecular complexity index is 885. The third-order valence-electron chi connectivity index (χ3n) is 4.31. The second kappa shape index (κ2) is 11.4. The molecule has 0 atom stereocenters. The van der Waals surface area contributed by atoms with Crippen LogP contribution in [0, 0.1) is 0 Å². The maximum Gasteiger partial charge on any atom is 0.328 e. The Balaban J connectivity index is 0.000000343. The number of aliphatic imine (C=N–C) groups is 1. The van der Waals surface area contributed by atoms with Crippen molar-refractivity contribution >= 4 is 23.6 Å². The average molecular weight is 409 g/mol. The van der Waals surface area contributed by atoms with Crippen LogP contribution in [-0.2, 0) is 16.0 Å². The predicted octanol–water partition coefficient (Wildman–Crippen LogP) is 3.48. The SMILES string of the molecule is CC(C)c1ccc(Cc2ccc(NC3=NCCN3)cc2)cc1.O=C(O)C=CC(=O)O. The predicted molar refractivity (Wildman–Crippen MR) is 118 cm³/mol. The molecular weight excluding hydrogens is 382 g/mol. The van der Waals surface area contributed by atoms with E-state index in [0.717, 1.165) is 31.2 Å². The molecule has 7 nitrogen and oxygen atoms in total. The van der Waals surface area contributed by atoms with Crippen molar-refractivity contribution in [1.82, 2.24) is 5.32 Å².